The van der Waals surface area contributed by atoms with E-state index < -0.39 is 9.84 Å². The molecule has 0 saturated carbocycles. The summed E-state index contributed by atoms with van der Waals surface area (Å²) in [5, 5.41) is 2.73. The average molecular weight is 284 g/mol. The summed E-state index contributed by atoms with van der Waals surface area (Å²) in [5.41, 5.74) is 0.573. The molecule has 1 aromatic carbocycles. The lowest BCUT2D eigenvalue weighted by Gasteiger charge is -2.27. The molecule has 2 amide bonds. The van der Waals surface area contributed by atoms with Crippen molar-refractivity contribution in [1.82, 2.24) is 4.90 Å². The first-order valence-electron chi connectivity index (χ1n) is 5.91. The van der Waals surface area contributed by atoms with Crippen LogP contribution in [0.3, 0.4) is 0 Å². The van der Waals surface area contributed by atoms with Crippen LogP contribution in [0.15, 0.2) is 24.3 Å². The van der Waals surface area contributed by atoms with Crippen molar-refractivity contribution in [3.05, 3.63) is 24.3 Å². The summed E-state index contributed by atoms with van der Waals surface area (Å²) < 4.78 is 27.7. The van der Waals surface area contributed by atoms with E-state index >= 15 is 0 Å². The summed E-state index contributed by atoms with van der Waals surface area (Å²) >= 11 is 0. The van der Waals surface area contributed by atoms with Gasteiger partial charge in [0.25, 0.3) is 0 Å². The molecule has 1 aliphatic rings. The van der Waals surface area contributed by atoms with Crippen LogP contribution in [0.5, 0.6) is 5.75 Å². The number of para-hydroxylation sites is 2. The molecule has 1 heterocycles. The summed E-state index contributed by atoms with van der Waals surface area (Å²) in [7, 11) is -1.45. The maximum absolute atomic E-state index is 12.0. The molecule has 1 aliphatic heterocycles. The van der Waals surface area contributed by atoms with E-state index in [1.165, 1.54) is 12.0 Å². The fraction of sp³-hybridized carbons (Fsp3) is 0.417. The van der Waals surface area contributed by atoms with E-state index in [1.807, 2.05) is 6.07 Å². The standard InChI is InChI=1S/C12H16N2O4S/c1-18-11-5-3-2-4-10(11)13-12(15)14-6-8-19(16,17)9-7-14/h2-5H,6-9H2,1H3,(H,13,15). The van der Waals surface area contributed by atoms with Gasteiger partial charge in [-0.1, -0.05) is 12.1 Å². The third kappa shape index (κ3) is 3.37. The number of nitrogens with zero attached hydrogens (tertiary/aromatic N) is 1. The average Bonchev–Trinajstić information content (AvgIpc) is 2.39. The van der Waals surface area contributed by atoms with E-state index in [-0.39, 0.29) is 30.6 Å². The molecule has 1 saturated heterocycles. The van der Waals surface area contributed by atoms with Gasteiger partial charge < -0.3 is 15.0 Å². The van der Waals surface area contributed by atoms with Crippen molar-refractivity contribution in [2.75, 3.05) is 37.0 Å². The highest BCUT2D eigenvalue weighted by atomic mass is 32.2. The number of nitrogens with one attached hydrogen (secondary N) is 1. The lowest BCUT2D eigenvalue weighted by atomic mass is 10.3. The minimum atomic E-state index is -2.98. The molecule has 0 spiro atoms. The van der Waals surface area contributed by atoms with E-state index in [9.17, 15) is 13.2 Å². The predicted octanol–water partition coefficient (Wildman–Crippen LogP) is 0.957. The van der Waals surface area contributed by atoms with Gasteiger partial charge in [0.05, 0.1) is 24.3 Å². The number of rotatable bonds is 2. The molecule has 19 heavy (non-hydrogen) atoms. The lowest BCUT2D eigenvalue weighted by Crippen LogP contribution is -2.45. The Balaban J connectivity index is 2.02. The molecular formula is C12H16N2O4S. The number of hydrogen-bond acceptors (Lipinski definition) is 4. The molecule has 0 unspecified atom stereocenters. The number of sulfone groups is 1. The number of anilines is 1. The quantitative estimate of drug-likeness (QED) is 0.877. The summed E-state index contributed by atoms with van der Waals surface area (Å²) in [6.45, 7) is 0.451. The second kappa shape index (κ2) is 5.48. The van der Waals surface area contributed by atoms with Crippen molar-refractivity contribution >= 4 is 21.6 Å². The smallest absolute Gasteiger partial charge is 0.322 e. The van der Waals surface area contributed by atoms with Gasteiger partial charge in [-0.2, -0.15) is 0 Å². The highest BCUT2D eigenvalue weighted by Crippen LogP contribution is 2.23. The molecular weight excluding hydrogens is 268 g/mol. The second-order valence-electron chi connectivity index (χ2n) is 4.27. The van der Waals surface area contributed by atoms with Crippen LogP contribution < -0.4 is 10.1 Å². The van der Waals surface area contributed by atoms with E-state index in [0.717, 1.165) is 0 Å². The highest BCUT2D eigenvalue weighted by molar-refractivity contribution is 7.91. The zero-order chi connectivity index (χ0) is 13.9. The van der Waals surface area contributed by atoms with Gasteiger partial charge >= 0.3 is 6.03 Å². The number of benzene rings is 1. The minimum Gasteiger partial charge on any atom is -0.495 e. The summed E-state index contributed by atoms with van der Waals surface area (Å²) in [6.07, 6.45) is 0. The summed E-state index contributed by atoms with van der Waals surface area (Å²) in [5.74, 6) is 0.610. The van der Waals surface area contributed by atoms with Gasteiger partial charge in [0.2, 0.25) is 0 Å². The monoisotopic (exact) mass is 284 g/mol. The van der Waals surface area contributed by atoms with Crippen molar-refractivity contribution in [1.29, 1.82) is 0 Å². The van der Waals surface area contributed by atoms with Gasteiger partial charge in [-0.15, -0.1) is 0 Å². The normalized spacial score (nSPS) is 17.8. The first kappa shape index (κ1) is 13.7. The molecule has 0 bridgehead atoms. The summed E-state index contributed by atoms with van der Waals surface area (Å²) in [6, 6.07) is 6.77. The Morgan fingerprint density at radius 1 is 1.26 bits per heavy atom. The second-order valence-corrected chi connectivity index (χ2v) is 6.57. The van der Waals surface area contributed by atoms with Crippen LogP contribution in [-0.2, 0) is 9.84 Å². The first-order valence-corrected chi connectivity index (χ1v) is 7.73. The van der Waals surface area contributed by atoms with Crippen molar-refractivity contribution in [3.63, 3.8) is 0 Å². The van der Waals surface area contributed by atoms with E-state index in [1.54, 1.807) is 18.2 Å². The molecule has 6 nitrogen and oxygen atoms in total. The third-order valence-electron chi connectivity index (χ3n) is 2.98. The molecule has 7 heteroatoms. The van der Waals surface area contributed by atoms with Crippen LogP contribution in [-0.4, -0.2) is 51.1 Å². The molecule has 0 radical (unpaired) electrons. The number of carbonyl (C=O) groups is 1. The third-order valence-corrected chi connectivity index (χ3v) is 4.59. The van der Waals surface area contributed by atoms with Crippen molar-refractivity contribution in [3.8, 4) is 5.75 Å². The van der Waals surface area contributed by atoms with Gasteiger partial charge in [-0.25, -0.2) is 13.2 Å². The van der Waals surface area contributed by atoms with Gasteiger partial charge in [0.15, 0.2) is 9.84 Å². The number of ether oxygens (including phenoxy) is 1. The molecule has 1 N–H and O–H groups in total. The van der Waals surface area contributed by atoms with Crippen LogP contribution in [0, 0.1) is 0 Å². The Labute approximate surface area is 112 Å². The topological polar surface area (TPSA) is 75.7 Å². The maximum atomic E-state index is 12.0. The largest absolute Gasteiger partial charge is 0.495 e. The molecule has 2 rings (SSSR count). The molecule has 1 fully saturated rings. The SMILES string of the molecule is COc1ccccc1NC(=O)N1CCS(=O)(=O)CC1. The number of methoxy groups -OCH3 is 1. The van der Waals surface area contributed by atoms with Gasteiger partial charge in [-0.3, -0.25) is 0 Å². The Morgan fingerprint density at radius 2 is 1.89 bits per heavy atom. The Hall–Kier alpha value is -1.76. The number of amides is 2. The van der Waals surface area contributed by atoms with Gasteiger partial charge in [0, 0.05) is 13.1 Å². The highest BCUT2D eigenvalue weighted by Gasteiger charge is 2.25. The van der Waals surface area contributed by atoms with Crippen LogP contribution in [0.1, 0.15) is 0 Å². The van der Waals surface area contributed by atoms with Crippen LogP contribution >= 0.6 is 0 Å². The van der Waals surface area contributed by atoms with Crippen LogP contribution in [0.4, 0.5) is 10.5 Å². The minimum absolute atomic E-state index is 0.0202. The van der Waals surface area contributed by atoms with E-state index in [0.29, 0.717) is 11.4 Å². The number of carbonyl (C=O) groups excluding carboxylic acids is 1. The Morgan fingerprint density at radius 3 is 2.53 bits per heavy atom. The van der Waals surface area contributed by atoms with Crippen LogP contribution in [0.2, 0.25) is 0 Å². The van der Waals surface area contributed by atoms with Crippen LogP contribution in [0.25, 0.3) is 0 Å². The van der Waals surface area contributed by atoms with Gasteiger partial charge in [0.1, 0.15) is 5.75 Å². The number of urea groups is 1. The number of hydrogen-bond donors (Lipinski definition) is 1. The predicted molar refractivity (Wildman–Crippen MR) is 72.2 cm³/mol. The van der Waals surface area contributed by atoms with E-state index in [2.05, 4.69) is 5.32 Å². The zero-order valence-electron chi connectivity index (χ0n) is 10.6. The van der Waals surface area contributed by atoms with Gasteiger partial charge in [-0.05, 0) is 12.1 Å². The van der Waals surface area contributed by atoms with E-state index in [4.69, 9.17) is 4.74 Å². The Bertz CT molecular complexity index is 557. The van der Waals surface area contributed by atoms with Crippen molar-refractivity contribution in [2.45, 2.75) is 0 Å². The first-order chi connectivity index (χ1) is 9.02. The fourth-order valence-electron chi connectivity index (χ4n) is 1.86. The van der Waals surface area contributed by atoms with Crippen molar-refractivity contribution in [2.24, 2.45) is 0 Å². The zero-order valence-corrected chi connectivity index (χ0v) is 11.4. The molecule has 0 aliphatic carbocycles. The molecule has 0 atom stereocenters. The maximum Gasteiger partial charge on any atom is 0.322 e. The fourth-order valence-corrected chi connectivity index (χ4v) is 3.06. The summed E-state index contributed by atoms with van der Waals surface area (Å²) in [4.78, 5) is 13.5. The van der Waals surface area contributed by atoms with Crippen molar-refractivity contribution < 1.29 is 17.9 Å². The molecule has 0 aromatic heterocycles. The Kier molecular flexibility index (Phi) is 3.94. The molecule has 1 aromatic rings. The lowest BCUT2D eigenvalue weighted by molar-refractivity contribution is 0.216. The molecule has 104 valence electrons.